The Hall–Kier alpha value is -5.26. The van der Waals surface area contributed by atoms with Gasteiger partial charge in [0.25, 0.3) is 0 Å². The summed E-state index contributed by atoms with van der Waals surface area (Å²) < 4.78 is 63.3. The van der Waals surface area contributed by atoms with Gasteiger partial charge in [0.1, 0.15) is 11.8 Å². The number of nitrogens with zero attached hydrogens (tertiary/aromatic N) is 3. The van der Waals surface area contributed by atoms with E-state index in [1.807, 2.05) is 20.0 Å². The number of phenols is 1. The summed E-state index contributed by atoms with van der Waals surface area (Å²) in [6.07, 6.45) is -1.34. The third-order valence-corrected chi connectivity index (χ3v) is 10.6. The Bertz CT molecular complexity index is 2060. The highest BCUT2D eigenvalue weighted by Crippen LogP contribution is 2.58. The molecule has 3 aromatic rings. The molecule has 14 heteroatoms. The first-order valence-electron chi connectivity index (χ1n) is 16.8. The molecule has 4 aliphatic heterocycles. The molecule has 1 amide bonds. The van der Waals surface area contributed by atoms with E-state index in [9.17, 15) is 33.1 Å². The van der Waals surface area contributed by atoms with Gasteiger partial charge in [-0.1, -0.05) is 18.2 Å². The van der Waals surface area contributed by atoms with Gasteiger partial charge in [-0.15, -0.1) is 0 Å². The number of carbonyl (C=O) groups excluding carboxylic acids is 2. The molecule has 11 nitrogen and oxygen atoms in total. The monoisotopic (exact) mass is 718 g/mol. The molecule has 52 heavy (non-hydrogen) atoms. The fourth-order valence-electron chi connectivity index (χ4n) is 8.56. The number of nitrogens with one attached hydrogen (secondary N) is 1. The molecule has 0 aliphatic carbocycles. The van der Waals surface area contributed by atoms with Crippen LogP contribution in [0.5, 0.6) is 28.7 Å². The average Bonchev–Trinajstić information content (AvgIpc) is 3.58. The number of phenolic OH excluding ortho intramolecular Hbond substituents is 1. The van der Waals surface area contributed by atoms with Gasteiger partial charge in [0, 0.05) is 53.9 Å². The molecule has 3 aromatic carbocycles. The standard InChI is InChI=1S/C38H37F3N4O7/c1-18-11-22-13-25-27(15-42)45-26(32(44(25)4)30(22)33(48)34(18)49-5)14-24-31(37-36(50-17-51-37)19(2)35(24)52-20(3)46)28(45)16-43-29(47)10-9-21-7-6-8-23(12-21)38(39,40)41/h6-12,25-28,32,48H,13-14,16-17H2,1-5H3,(H,43,47)/t25-,26?,27-,28-,32+/m0/s1. The Labute approximate surface area is 298 Å². The molecule has 7 rings (SSSR count). The van der Waals surface area contributed by atoms with Gasteiger partial charge in [0.2, 0.25) is 12.7 Å². The highest BCUT2D eigenvalue weighted by molar-refractivity contribution is 5.91. The molecule has 0 radical (unpaired) electrons. The third-order valence-electron chi connectivity index (χ3n) is 10.6. The number of ether oxygens (including phenoxy) is 4. The van der Waals surface area contributed by atoms with Gasteiger partial charge < -0.3 is 29.4 Å². The normalized spacial score (nSPS) is 23.3. The second kappa shape index (κ2) is 13.1. The van der Waals surface area contributed by atoms with Crippen molar-refractivity contribution in [3.8, 4) is 34.8 Å². The zero-order chi connectivity index (χ0) is 37.2. The fraction of sp³-hybridized carbons (Fsp3) is 0.395. The third kappa shape index (κ3) is 5.68. The summed E-state index contributed by atoms with van der Waals surface area (Å²) in [4.78, 5) is 30.0. The Morgan fingerprint density at radius 2 is 1.87 bits per heavy atom. The van der Waals surface area contributed by atoms with E-state index in [4.69, 9.17) is 18.9 Å². The quantitative estimate of drug-likeness (QED) is 0.197. The molecule has 5 atom stereocenters. The first kappa shape index (κ1) is 35.2. The van der Waals surface area contributed by atoms with Crippen molar-refractivity contribution in [3.05, 3.63) is 80.9 Å². The SMILES string of the molecule is COc1c(C)cc2c(c1O)[C@H]1C3Cc4c(OC(C)=O)c(C)c5c(c4[C@H](CNC(=O)C=Cc4cccc(C(F)(F)F)c4)N3[C@@H](C#N)[C@H](C2)N1C)OCO5. The molecule has 1 unspecified atom stereocenters. The number of hydrogen-bond donors (Lipinski definition) is 2. The highest BCUT2D eigenvalue weighted by atomic mass is 19.4. The number of rotatable bonds is 6. The molecule has 272 valence electrons. The number of carbonyl (C=O) groups is 2. The van der Waals surface area contributed by atoms with E-state index in [-0.39, 0.29) is 37.1 Å². The first-order valence-corrected chi connectivity index (χ1v) is 16.8. The summed E-state index contributed by atoms with van der Waals surface area (Å²) in [6, 6.07) is 6.51. The predicted molar refractivity (Wildman–Crippen MR) is 181 cm³/mol. The minimum absolute atomic E-state index is 0.0145. The lowest BCUT2D eigenvalue weighted by molar-refractivity contribution is -0.137. The van der Waals surface area contributed by atoms with Crippen molar-refractivity contribution in [2.75, 3.05) is 27.5 Å². The lowest BCUT2D eigenvalue weighted by atomic mass is 9.71. The van der Waals surface area contributed by atoms with Crippen molar-refractivity contribution < 1.29 is 46.8 Å². The number of esters is 1. The van der Waals surface area contributed by atoms with Crippen LogP contribution in [0, 0.1) is 25.2 Å². The van der Waals surface area contributed by atoms with Crippen molar-refractivity contribution in [2.45, 2.75) is 70.0 Å². The van der Waals surface area contributed by atoms with Crippen LogP contribution in [-0.4, -0.2) is 72.4 Å². The van der Waals surface area contributed by atoms with Crippen LogP contribution >= 0.6 is 0 Å². The number of fused-ring (bicyclic) bond motifs is 9. The topological polar surface area (TPSA) is 134 Å². The van der Waals surface area contributed by atoms with E-state index in [2.05, 4.69) is 21.2 Å². The number of amides is 1. The molecule has 0 aromatic heterocycles. The zero-order valence-corrected chi connectivity index (χ0v) is 29.1. The number of piperazine rings is 1. The van der Waals surface area contributed by atoms with Crippen molar-refractivity contribution in [1.82, 2.24) is 15.1 Å². The number of aryl methyl sites for hydroxylation is 1. The summed E-state index contributed by atoms with van der Waals surface area (Å²) in [7, 11) is 3.42. The number of aromatic hydroxyl groups is 1. The van der Waals surface area contributed by atoms with E-state index in [1.165, 1.54) is 32.2 Å². The van der Waals surface area contributed by atoms with Gasteiger partial charge in [0.15, 0.2) is 23.0 Å². The zero-order valence-electron chi connectivity index (χ0n) is 29.1. The van der Waals surface area contributed by atoms with Crippen LogP contribution in [-0.2, 0) is 28.6 Å². The van der Waals surface area contributed by atoms with E-state index in [1.54, 1.807) is 6.92 Å². The van der Waals surface area contributed by atoms with Gasteiger partial charge in [-0.25, -0.2) is 0 Å². The molecule has 0 saturated carbocycles. The number of nitriles is 1. The minimum Gasteiger partial charge on any atom is -0.504 e. The molecular weight excluding hydrogens is 681 g/mol. The van der Waals surface area contributed by atoms with Gasteiger partial charge >= 0.3 is 12.1 Å². The molecule has 4 aliphatic rings. The average molecular weight is 719 g/mol. The lowest BCUT2D eigenvalue weighted by Crippen LogP contribution is -2.68. The van der Waals surface area contributed by atoms with Crippen LogP contribution in [0.3, 0.4) is 0 Å². The van der Waals surface area contributed by atoms with Gasteiger partial charge in [-0.3, -0.25) is 19.4 Å². The van der Waals surface area contributed by atoms with E-state index >= 15 is 0 Å². The summed E-state index contributed by atoms with van der Waals surface area (Å²) in [5, 5.41) is 25.4. The molecule has 1 fully saturated rings. The summed E-state index contributed by atoms with van der Waals surface area (Å²) >= 11 is 0. The van der Waals surface area contributed by atoms with Crippen LogP contribution in [0.15, 0.2) is 36.4 Å². The number of halogens is 3. The lowest BCUT2D eigenvalue weighted by Gasteiger charge is -2.60. The van der Waals surface area contributed by atoms with E-state index < -0.39 is 47.8 Å². The van der Waals surface area contributed by atoms with Crippen LogP contribution in [0.25, 0.3) is 6.08 Å². The molecule has 2 bridgehead atoms. The maximum Gasteiger partial charge on any atom is 0.416 e. The van der Waals surface area contributed by atoms with Crippen LogP contribution in [0.4, 0.5) is 13.2 Å². The van der Waals surface area contributed by atoms with Gasteiger partial charge in [-0.05, 0) is 68.6 Å². The summed E-state index contributed by atoms with van der Waals surface area (Å²) in [6.45, 7) is 4.78. The Balaban J connectivity index is 1.35. The molecule has 0 spiro atoms. The van der Waals surface area contributed by atoms with Gasteiger partial charge in [-0.2, -0.15) is 18.4 Å². The van der Waals surface area contributed by atoms with Crippen molar-refractivity contribution >= 4 is 18.0 Å². The highest BCUT2D eigenvalue weighted by Gasteiger charge is 2.57. The molecular formula is C38H37F3N4O7. The van der Waals surface area contributed by atoms with Crippen molar-refractivity contribution in [3.63, 3.8) is 0 Å². The maximum atomic E-state index is 13.3. The maximum absolute atomic E-state index is 13.3. The smallest absolute Gasteiger partial charge is 0.416 e. The predicted octanol–water partition coefficient (Wildman–Crippen LogP) is 5.29. The van der Waals surface area contributed by atoms with E-state index in [0.717, 1.165) is 29.3 Å². The summed E-state index contributed by atoms with van der Waals surface area (Å²) in [5.41, 5.74) is 3.50. The van der Waals surface area contributed by atoms with Gasteiger partial charge in [0.05, 0.1) is 30.8 Å². The van der Waals surface area contributed by atoms with Crippen LogP contribution < -0.4 is 24.3 Å². The fourth-order valence-corrected chi connectivity index (χ4v) is 8.56. The second-order valence-electron chi connectivity index (χ2n) is 13.5. The second-order valence-corrected chi connectivity index (χ2v) is 13.5. The Kier molecular flexibility index (Phi) is 8.83. The summed E-state index contributed by atoms with van der Waals surface area (Å²) in [5.74, 6) is 0.350. The number of methoxy groups -OCH3 is 1. The molecule has 1 saturated heterocycles. The van der Waals surface area contributed by atoms with Crippen LogP contribution in [0.1, 0.15) is 63.5 Å². The largest absolute Gasteiger partial charge is 0.504 e. The molecule has 2 N–H and O–H groups in total. The van der Waals surface area contributed by atoms with Crippen molar-refractivity contribution in [1.29, 1.82) is 5.26 Å². The Morgan fingerprint density at radius 1 is 1.12 bits per heavy atom. The number of benzene rings is 3. The van der Waals surface area contributed by atoms with Crippen LogP contribution in [0.2, 0.25) is 0 Å². The van der Waals surface area contributed by atoms with E-state index in [0.29, 0.717) is 51.7 Å². The number of likely N-dealkylation sites (N-methyl/N-ethyl adjacent to an activating group) is 1. The Morgan fingerprint density at radius 3 is 2.56 bits per heavy atom. The number of alkyl halides is 3. The minimum atomic E-state index is -4.54. The number of hydrogen-bond acceptors (Lipinski definition) is 10. The molecule has 4 heterocycles. The first-order chi connectivity index (χ1) is 24.7. The van der Waals surface area contributed by atoms with Crippen molar-refractivity contribution in [2.24, 2.45) is 0 Å².